The predicted molar refractivity (Wildman–Crippen MR) is 88.7 cm³/mol. The lowest BCUT2D eigenvalue weighted by molar-refractivity contribution is -0.115. The average molecular weight is 282 g/mol. The van der Waals surface area contributed by atoms with E-state index in [9.17, 15) is 4.79 Å². The number of aryl methyl sites for hydroxylation is 1. The molecule has 0 heterocycles. The second-order valence-corrected chi connectivity index (χ2v) is 5.17. The number of amides is 1. The van der Waals surface area contributed by atoms with Gasteiger partial charge in [0.25, 0.3) is 0 Å². The number of rotatable bonds is 6. The quantitative estimate of drug-likeness (QED) is 0.841. The van der Waals surface area contributed by atoms with E-state index in [0.717, 1.165) is 35.5 Å². The molecule has 0 spiro atoms. The Labute approximate surface area is 126 Å². The first-order chi connectivity index (χ1) is 10.2. The van der Waals surface area contributed by atoms with Crippen molar-refractivity contribution in [2.24, 2.45) is 0 Å². The molecule has 0 aliphatic rings. The number of benzene rings is 2. The zero-order chi connectivity index (χ0) is 15.1. The minimum atomic E-state index is 0.00914. The largest absolute Gasteiger partial charge is 0.385 e. The van der Waals surface area contributed by atoms with Crippen LogP contribution in [0.3, 0.4) is 0 Å². The number of hydrogen-bond acceptors (Lipinski definition) is 2. The van der Waals surface area contributed by atoms with Gasteiger partial charge in [0.15, 0.2) is 0 Å². The number of nitrogens with one attached hydrogen (secondary N) is 2. The molecule has 2 aromatic rings. The maximum atomic E-state index is 12.0. The molecule has 0 aliphatic heterocycles. The SMILES string of the molecule is CCCNc1ccc(NC(=O)Cc2ccccc2)cc1C. The minimum Gasteiger partial charge on any atom is -0.385 e. The molecule has 3 heteroatoms. The minimum absolute atomic E-state index is 0.00914. The summed E-state index contributed by atoms with van der Waals surface area (Å²) in [4.78, 5) is 12.0. The first-order valence-electron chi connectivity index (χ1n) is 7.37. The normalized spacial score (nSPS) is 10.2. The predicted octanol–water partition coefficient (Wildman–Crippen LogP) is 4.00. The topological polar surface area (TPSA) is 41.1 Å². The van der Waals surface area contributed by atoms with Crippen molar-refractivity contribution in [1.82, 2.24) is 0 Å². The Bertz CT molecular complexity index is 593. The van der Waals surface area contributed by atoms with Crippen molar-refractivity contribution >= 4 is 17.3 Å². The molecular weight excluding hydrogens is 260 g/mol. The number of carbonyl (C=O) groups is 1. The molecule has 1 amide bonds. The summed E-state index contributed by atoms with van der Waals surface area (Å²) in [6.45, 7) is 5.14. The molecule has 0 radical (unpaired) electrons. The van der Waals surface area contributed by atoms with E-state index in [1.165, 1.54) is 0 Å². The third kappa shape index (κ3) is 4.63. The summed E-state index contributed by atoms with van der Waals surface area (Å²) in [6, 6.07) is 15.7. The van der Waals surface area contributed by atoms with Gasteiger partial charge in [0.05, 0.1) is 6.42 Å². The number of carbonyl (C=O) groups excluding carboxylic acids is 1. The molecule has 2 rings (SSSR count). The van der Waals surface area contributed by atoms with E-state index in [1.54, 1.807) is 0 Å². The zero-order valence-corrected chi connectivity index (χ0v) is 12.6. The van der Waals surface area contributed by atoms with Crippen LogP contribution in [0.5, 0.6) is 0 Å². The van der Waals surface area contributed by atoms with Crippen molar-refractivity contribution in [3.8, 4) is 0 Å². The van der Waals surface area contributed by atoms with Crippen molar-refractivity contribution in [3.63, 3.8) is 0 Å². The summed E-state index contributed by atoms with van der Waals surface area (Å²) in [5, 5.41) is 6.32. The first kappa shape index (κ1) is 15.1. The fourth-order valence-electron chi connectivity index (χ4n) is 2.19. The Kier molecular flexibility index (Phi) is 5.38. The lowest BCUT2D eigenvalue weighted by Gasteiger charge is -2.11. The summed E-state index contributed by atoms with van der Waals surface area (Å²) in [5.41, 5.74) is 4.13. The van der Waals surface area contributed by atoms with E-state index in [4.69, 9.17) is 0 Å². The Balaban J connectivity index is 1.96. The molecule has 0 atom stereocenters. The third-order valence-corrected chi connectivity index (χ3v) is 3.28. The van der Waals surface area contributed by atoms with Crippen LogP contribution in [0.25, 0.3) is 0 Å². The van der Waals surface area contributed by atoms with Crippen molar-refractivity contribution in [3.05, 3.63) is 59.7 Å². The van der Waals surface area contributed by atoms with Crippen LogP contribution in [0.4, 0.5) is 11.4 Å². The lowest BCUT2D eigenvalue weighted by atomic mass is 10.1. The van der Waals surface area contributed by atoms with Gasteiger partial charge in [0.1, 0.15) is 0 Å². The van der Waals surface area contributed by atoms with E-state index in [1.807, 2.05) is 55.5 Å². The van der Waals surface area contributed by atoms with Gasteiger partial charge >= 0.3 is 0 Å². The molecular formula is C18H22N2O. The van der Waals surface area contributed by atoms with E-state index >= 15 is 0 Å². The lowest BCUT2D eigenvalue weighted by Crippen LogP contribution is -2.14. The molecule has 0 aromatic heterocycles. The molecule has 21 heavy (non-hydrogen) atoms. The Morgan fingerprint density at radius 2 is 1.86 bits per heavy atom. The molecule has 0 unspecified atom stereocenters. The van der Waals surface area contributed by atoms with Gasteiger partial charge in [-0.3, -0.25) is 4.79 Å². The Morgan fingerprint density at radius 3 is 2.52 bits per heavy atom. The molecule has 110 valence electrons. The van der Waals surface area contributed by atoms with Crippen LogP contribution >= 0.6 is 0 Å². The number of hydrogen-bond donors (Lipinski definition) is 2. The summed E-state index contributed by atoms with van der Waals surface area (Å²) in [6.07, 6.45) is 1.49. The van der Waals surface area contributed by atoms with Crippen molar-refractivity contribution in [2.75, 3.05) is 17.2 Å². The van der Waals surface area contributed by atoms with Crippen LogP contribution in [-0.2, 0) is 11.2 Å². The second kappa shape index (κ2) is 7.48. The highest BCUT2D eigenvalue weighted by atomic mass is 16.1. The maximum Gasteiger partial charge on any atom is 0.228 e. The van der Waals surface area contributed by atoms with Crippen LogP contribution in [0, 0.1) is 6.92 Å². The van der Waals surface area contributed by atoms with Crippen LogP contribution < -0.4 is 10.6 Å². The first-order valence-corrected chi connectivity index (χ1v) is 7.37. The second-order valence-electron chi connectivity index (χ2n) is 5.17. The molecule has 0 saturated heterocycles. The van der Waals surface area contributed by atoms with Crippen LogP contribution in [0.15, 0.2) is 48.5 Å². The van der Waals surface area contributed by atoms with Gasteiger partial charge in [-0.1, -0.05) is 37.3 Å². The van der Waals surface area contributed by atoms with Gasteiger partial charge < -0.3 is 10.6 Å². The van der Waals surface area contributed by atoms with Crippen molar-refractivity contribution in [1.29, 1.82) is 0 Å². The zero-order valence-electron chi connectivity index (χ0n) is 12.6. The number of anilines is 2. The van der Waals surface area contributed by atoms with E-state index in [0.29, 0.717) is 6.42 Å². The molecule has 0 saturated carbocycles. The summed E-state index contributed by atoms with van der Waals surface area (Å²) < 4.78 is 0. The smallest absolute Gasteiger partial charge is 0.228 e. The van der Waals surface area contributed by atoms with Gasteiger partial charge in [-0.25, -0.2) is 0 Å². The summed E-state index contributed by atoms with van der Waals surface area (Å²) >= 11 is 0. The average Bonchev–Trinajstić information content (AvgIpc) is 2.47. The van der Waals surface area contributed by atoms with Crippen LogP contribution in [0.1, 0.15) is 24.5 Å². The molecule has 3 nitrogen and oxygen atoms in total. The molecule has 0 aliphatic carbocycles. The van der Waals surface area contributed by atoms with Crippen LogP contribution in [-0.4, -0.2) is 12.5 Å². The van der Waals surface area contributed by atoms with Gasteiger partial charge in [-0.15, -0.1) is 0 Å². The molecule has 2 N–H and O–H groups in total. The van der Waals surface area contributed by atoms with Gasteiger partial charge in [-0.2, -0.15) is 0 Å². The fraction of sp³-hybridized carbons (Fsp3) is 0.278. The van der Waals surface area contributed by atoms with Crippen LogP contribution in [0.2, 0.25) is 0 Å². The molecule has 2 aromatic carbocycles. The van der Waals surface area contributed by atoms with E-state index in [2.05, 4.69) is 17.6 Å². The highest BCUT2D eigenvalue weighted by molar-refractivity contribution is 5.92. The van der Waals surface area contributed by atoms with E-state index < -0.39 is 0 Å². The highest BCUT2D eigenvalue weighted by Gasteiger charge is 2.05. The summed E-state index contributed by atoms with van der Waals surface area (Å²) in [5.74, 6) is 0.00914. The molecule has 0 bridgehead atoms. The van der Waals surface area contributed by atoms with Gasteiger partial charge in [0, 0.05) is 17.9 Å². The monoisotopic (exact) mass is 282 g/mol. The highest BCUT2D eigenvalue weighted by Crippen LogP contribution is 2.19. The Morgan fingerprint density at radius 1 is 1.10 bits per heavy atom. The van der Waals surface area contributed by atoms with Gasteiger partial charge in [0.2, 0.25) is 5.91 Å². The molecule has 0 fully saturated rings. The fourth-order valence-corrected chi connectivity index (χ4v) is 2.19. The van der Waals surface area contributed by atoms with E-state index in [-0.39, 0.29) is 5.91 Å². The summed E-state index contributed by atoms with van der Waals surface area (Å²) in [7, 11) is 0. The van der Waals surface area contributed by atoms with Crippen molar-refractivity contribution < 1.29 is 4.79 Å². The maximum absolute atomic E-state index is 12.0. The van der Waals surface area contributed by atoms with Gasteiger partial charge in [-0.05, 0) is 42.7 Å². The van der Waals surface area contributed by atoms with Crippen molar-refractivity contribution in [2.45, 2.75) is 26.7 Å². The Hall–Kier alpha value is -2.29. The third-order valence-electron chi connectivity index (χ3n) is 3.28. The standard InChI is InChI=1S/C18H22N2O/c1-3-11-19-17-10-9-16(12-14(17)2)20-18(21)13-15-7-5-4-6-8-15/h4-10,12,19H,3,11,13H2,1-2H3,(H,20,21).